The number of alkyl halides is 3. The lowest BCUT2D eigenvalue weighted by atomic mass is 9.64. The van der Waals surface area contributed by atoms with E-state index in [1.807, 2.05) is 27.0 Å². The highest BCUT2D eigenvalue weighted by atomic mass is 32.2. The summed E-state index contributed by atoms with van der Waals surface area (Å²) in [6.45, 7) is 6.28. The molecule has 0 spiro atoms. The number of hydrogen-bond donors (Lipinski definition) is 1. The average molecular weight is 566 g/mol. The van der Waals surface area contributed by atoms with Crippen LogP contribution < -0.4 is 9.46 Å². The Morgan fingerprint density at radius 2 is 2.00 bits per heavy atom. The molecule has 212 valence electrons. The summed E-state index contributed by atoms with van der Waals surface area (Å²) in [6, 6.07) is 4.39. The minimum Gasteiger partial charge on any atom is -0.473 e. The van der Waals surface area contributed by atoms with Gasteiger partial charge in [0.15, 0.2) is 0 Å². The van der Waals surface area contributed by atoms with Gasteiger partial charge < -0.3 is 4.74 Å². The van der Waals surface area contributed by atoms with Crippen molar-refractivity contribution in [3.8, 4) is 5.88 Å². The van der Waals surface area contributed by atoms with Gasteiger partial charge in [-0.05, 0) is 69.7 Å². The number of allylic oxidation sites excluding steroid dienone is 4. The fourth-order valence-electron chi connectivity index (χ4n) is 5.51. The van der Waals surface area contributed by atoms with E-state index in [0.717, 1.165) is 6.54 Å². The Morgan fingerprint density at radius 1 is 1.23 bits per heavy atom. The van der Waals surface area contributed by atoms with Crippen LogP contribution >= 0.6 is 0 Å². The van der Waals surface area contributed by atoms with E-state index in [9.17, 15) is 21.6 Å². The molecule has 0 aliphatic heterocycles. The molecule has 4 rings (SSSR count). The third kappa shape index (κ3) is 6.60. The summed E-state index contributed by atoms with van der Waals surface area (Å²) in [5.41, 5.74) is -0.816. The molecule has 1 saturated carbocycles. The highest BCUT2D eigenvalue weighted by Gasteiger charge is 2.46. The third-order valence-corrected chi connectivity index (χ3v) is 9.34. The van der Waals surface area contributed by atoms with E-state index < -0.39 is 27.2 Å². The molecule has 2 aliphatic rings. The van der Waals surface area contributed by atoms with E-state index in [1.165, 1.54) is 42.9 Å². The molecule has 4 atom stereocenters. The van der Waals surface area contributed by atoms with E-state index in [-0.39, 0.29) is 40.9 Å². The number of nitrogens with one attached hydrogen (secondary N) is 1. The topological polar surface area (TPSA) is 97.3 Å². The van der Waals surface area contributed by atoms with Crippen molar-refractivity contribution in [3.05, 3.63) is 60.2 Å². The lowest BCUT2D eigenvalue weighted by molar-refractivity contribution is -0.0987. The molecular weight excluding hydrogens is 531 g/mol. The van der Waals surface area contributed by atoms with E-state index in [1.54, 1.807) is 6.92 Å². The monoisotopic (exact) mass is 565 g/mol. The molecule has 2 heterocycles. The van der Waals surface area contributed by atoms with Gasteiger partial charge in [0.05, 0.1) is 5.69 Å². The minimum absolute atomic E-state index is 0.00457. The molecule has 1 unspecified atom stereocenters. The van der Waals surface area contributed by atoms with Crippen LogP contribution in [-0.4, -0.2) is 60.2 Å². The summed E-state index contributed by atoms with van der Waals surface area (Å²) in [4.78, 5) is 14.2. The fourth-order valence-corrected chi connectivity index (χ4v) is 6.70. The van der Waals surface area contributed by atoms with Gasteiger partial charge in [-0.15, -0.1) is 0 Å². The van der Waals surface area contributed by atoms with Crippen molar-refractivity contribution < 1.29 is 26.3 Å². The number of aryl methyl sites for hydroxylation is 1. The van der Waals surface area contributed by atoms with Gasteiger partial charge in [0, 0.05) is 23.9 Å². The Labute approximate surface area is 227 Å². The van der Waals surface area contributed by atoms with Gasteiger partial charge >= 0.3 is 6.18 Å². The standard InChI is InChI=1S/C27H34F3N5O3S/c1-5-35(4)21-15-19(26(3)13-6-7-20(16-26)27(28,29)30)8-9-22(21)38-25-11-10-23(18(2)33-25)39(36,37)34-24-12-14-31-17-32-24/h6-7,10-14,17,19,21-22H,5,8-9,15-16H2,1-4H3,(H,31,32,34)/t19-,21-,22-,26?/m0/s1. The van der Waals surface area contributed by atoms with Crippen LogP contribution in [0.2, 0.25) is 0 Å². The molecule has 0 aromatic carbocycles. The number of anilines is 1. The van der Waals surface area contributed by atoms with Crippen molar-refractivity contribution in [3.63, 3.8) is 0 Å². The summed E-state index contributed by atoms with van der Waals surface area (Å²) in [6.07, 6.45) is 4.72. The first-order valence-electron chi connectivity index (χ1n) is 12.9. The van der Waals surface area contributed by atoms with Crippen LogP contribution in [0.3, 0.4) is 0 Å². The first kappa shape index (κ1) is 29.0. The van der Waals surface area contributed by atoms with Gasteiger partial charge in [-0.25, -0.2) is 23.4 Å². The van der Waals surface area contributed by atoms with E-state index in [0.29, 0.717) is 25.1 Å². The van der Waals surface area contributed by atoms with Crippen LogP contribution in [0.5, 0.6) is 5.88 Å². The summed E-state index contributed by atoms with van der Waals surface area (Å²) < 4.78 is 74.9. The number of aromatic nitrogens is 3. The molecule has 2 aromatic rings. The third-order valence-electron chi connectivity index (χ3n) is 7.86. The van der Waals surface area contributed by atoms with Crippen molar-refractivity contribution in [2.75, 3.05) is 18.3 Å². The Kier molecular flexibility index (Phi) is 8.36. The summed E-state index contributed by atoms with van der Waals surface area (Å²) in [5.74, 6) is 0.498. The number of rotatable bonds is 8. The van der Waals surface area contributed by atoms with Crippen molar-refractivity contribution >= 4 is 15.8 Å². The second-order valence-corrected chi connectivity index (χ2v) is 12.1. The normalized spacial score (nSPS) is 25.8. The number of halogens is 3. The second-order valence-electron chi connectivity index (χ2n) is 10.5. The van der Waals surface area contributed by atoms with Gasteiger partial charge in [0.2, 0.25) is 5.88 Å². The number of likely N-dealkylation sites (N-methyl/N-ethyl adjacent to an activating group) is 1. The van der Waals surface area contributed by atoms with Crippen LogP contribution in [0, 0.1) is 18.3 Å². The van der Waals surface area contributed by atoms with Gasteiger partial charge in [0.1, 0.15) is 23.1 Å². The molecule has 39 heavy (non-hydrogen) atoms. The lowest BCUT2D eigenvalue weighted by Crippen LogP contribution is -2.50. The van der Waals surface area contributed by atoms with E-state index >= 15 is 0 Å². The summed E-state index contributed by atoms with van der Waals surface area (Å²) in [7, 11) is -1.94. The molecule has 0 amide bonds. The zero-order valence-electron chi connectivity index (χ0n) is 22.4. The Hall–Kier alpha value is -2.99. The SMILES string of the molecule is CCN(C)[C@H]1C[C@@H](C2(C)C=CC=C(C(F)(F)F)C2)CC[C@@H]1Oc1ccc(S(=O)(=O)Nc2ccncn2)c(C)n1. The molecule has 2 aliphatic carbocycles. The summed E-state index contributed by atoms with van der Waals surface area (Å²) in [5, 5.41) is 0. The maximum atomic E-state index is 13.5. The molecule has 0 radical (unpaired) electrons. The number of pyridine rings is 1. The zero-order chi connectivity index (χ0) is 28.4. The predicted molar refractivity (Wildman–Crippen MR) is 142 cm³/mol. The highest BCUT2D eigenvalue weighted by Crippen LogP contribution is 2.49. The largest absolute Gasteiger partial charge is 0.473 e. The Bertz CT molecular complexity index is 1330. The first-order chi connectivity index (χ1) is 18.3. The average Bonchev–Trinajstić information content (AvgIpc) is 2.88. The molecule has 2 aromatic heterocycles. The Morgan fingerprint density at radius 3 is 2.64 bits per heavy atom. The number of hydrogen-bond acceptors (Lipinski definition) is 7. The number of nitrogens with zero attached hydrogens (tertiary/aromatic N) is 4. The van der Waals surface area contributed by atoms with Crippen molar-refractivity contribution in [2.24, 2.45) is 11.3 Å². The van der Waals surface area contributed by atoms with Crippen LogP contribution in [0.1, 0.15) is 45.2 Å². The van der Waals surface area contributed by atoms with Crippen LogP contribution in [0.15, 0.2) is 59.4 Å². The molecule has 12 heteroatoms. The first-order valence-corrected chi connectivity index (χ1v) is 14.4. The van der Waals surface area contributed by atoms with Crippen molar-refractivity contribution in [2.45, 2.75) is 69.7 Å². The fraction of sp³-hybridized carbons (Fsp3) is 0.519. The van der Waals surface area contributed by atoms with Gasteiger partial charge in [-0.1, -0.05) is 32.1 Å². The molecule has 0 bridgehead atoms. The second kappa shape index (κ2) is 11.2. The quantitative estimate of drug-likeness (QED) is 0.464. The van der Waals surface area contributed by atoms with Crippen LogP contribution in [-0.2, 0) is 10.0 Å². The molecule has 1 N–H and O–H groups in total. The Balaban J connectivity index is 1.49. The number of ether oxygens (including phenoxy) is 1. The smallest absolute Gasteiger partial charge is 0.412 e. The van der Waals surface area contributed by atoms with Gasteiger partial charge in [-0.3, -0.25) is 9.62 Å². The molecular formula is C27H34F3N5O3S. The van der Waals surface area contributed by atoms with Crippen LogP contribution in [0.4, 0.5) is 19.0 Å². The maximum Gasteiger partial charge on any atom is 0.412 e. The maximum absolute atomic E-state index is 13.5. The van der Waals surface area contributed by atoms with E-state index in [2.05, 4.69) is 24.6 Å². The van der Waals surface area contributed by atoms with Crippen LogP contribution in [0.25, 0.3) is 0 Å². The lowest BCUT2D eigenvalue weighted by Gasteiger charge is -2.47. The van der Waals surface area contributed by atoms with Crippen molar-refractivity contribution in [1.82, 2.24) is 19.9 Å². The molecule has 8 nitrogen and oxygen atoms in total. The van der Waals surface area contributed by atoms with Gasteiger partial charge in [0.25, 0.3) is 10.0 Å². The minimum atomic E-state index is -4.33. The zero-order valence-corrected chi connectivity index (χ0v) is 23.3. The molecule has 1 fully saturated rings. The predicted octanol–water partition coefficient (Wildman–Crippen LogP) is 5.30. The molecule has 0 saturated heterocycles. The van der Waals surface area contributed by atoms with Crippen molar-refractivity contribution in [1.29, 1.82) is 0 Å². The van der Waals surface area contributed by atoms with Gasteiger partial charge in [-0.2, -0.15) is 13.2 Å². The van der Waals surface area contributed by atoms with E-state index in [4.69, 9.17) is 4.74 Å². The number of sulfonamides is 1. The summed E-state index contributed by atoms with van der Waals surface area (Å²) >= 11 is 0. The highest BCUT2D eigenvalue weighted by molar-refractivity contribution is 7.92.